The summed E-state index contributed by atoms with van der Waals surface area (Å²) in [5.74, 6) is 0.0352. The zero-order chi connectivity index (χ0) is 21.1. The second-order valence-corrected chi connectivity index (χ2v) is 8.59. The topological polar surface area (TPSA) is 126 Å². The third-order valence-electron chi connectivity index (χ3n) is 4.63. The molecule has 0 spiro atoms. The summed E-state index contributed by atoms with van der Waals surface area (Å²) in [6, 6.07) is 12.8. The van der Waals surface area contributed by atoms with E-state index in [2.05, 4.69) is 20.3 Å². The minimum atomic E-state index is -3.79. The fourth-order valence-corrected chi connectivity index (χ4v) is 4.32. The molecule has 2 aromatic rings. The number of carbonyl (C=O) groups excluding carboxylic acids is 2. The van der Waals surface area contributed by atoms with Gasteiger partial charge >= 0.3 is 0 Å². The van der Waals surface area contributed by atoms with Gasteiger partial charge in [0.2, 0.25) is 5.91 Å². The summed E-state index contributed by atoms with van der Waals surface area (Å²) in [4.78, 5) is 28.7. The van der Waals surface area contributed by atoms with Crippen molar-refractivity contribution < 1.29 is 22.7 Å². The Kier molecular flexibility index (Phi) is 5.40. The van der Waals surface area contributed by atoms with Crippen molar-refractivity contribution in [2.45, 2.75) is 30.3 Å². The molecule has 0 saturated heterocycles. The third-order valence-corrected chi connectivity index (χ3v) is 6.01. The number of amidine groups is 1. The number of aliphatic imine (C=N–C) groups is 1. The first-order valence-electron chi connectivity index (χ1n) is 9.43. The Morgan fingerprint density at radius 1 is 1.20 bits per heavy atom. The molecule has 10 heteroatoms. The molecule has 2 aliphatic rings. The zero-order valence-electron chi connectivity index (χ0n) is 15.9. The molecule has 30 heavy (non-hydrogen) atoms. The number of sulfonamides is 1. The lowest BCUT2D eigenvalue weighted by Gasteiger charge is -2.25. The monoisotopic (exact) mass is 428 g/mol. The van der Waals surface area contributed by atoms with Gasteiger partial charge in [0, 0.05) is 18.7 Å². The molecule has 1 atom stereocenters. The van der Waals surface area contributed by atoms with Crippen LogP contribution >= 0.6 is 0 Å². The molecule has 2 heterocycles. The van der Waals surface area contributed by atoms with Crippen LogP contribution in [0.5, 0.6) is 5.75 Å². The maximum atomic E-state index is 12.5. The second kappa shape index (κ2) is 8.15. The highest BCUT2D eigenvalue weighted by Crippen LogP contribution is 2.29. The van der Waals surface area contributed by atoms with Crippen molar-refractivity contribution in [1.29, 1.82) is 0 Å². The van der Waals surface area contributed by atoms with Gasteiger partial charge in [0.1, 0.15) is 11.6 Å². The Hall–Kier alpha value is -3.40. The van der Waals surface area contributed by atoms with E-state index in [4.69, 9.17) is 4.74 Å². The number of rotatable bonds is 5. The van der Waals surface area contributed by atoms with Crippen LogP contribution in [-0.4, -0.2) is 38.7 Å². The van der Waals surface area contributed by atoms with E-state index in [1.54, 1.807) is 30.3 Å². The van der Waals surface area contributed by atoms with Crippen LogP contribution in [0.1, 0.15) is 19.3 Å². The number of benzene rings is 2. The van der Waals surface area contributed by atoms with Crippen molar-refractivity contribution in [3.05, 3.63) is 48.5 Å². The average molecular weight is 428 g/mol. The molecule has 156 valence electrons. The number of anilines is 2. The Labute approximate surface area is 173 Å². The summed E-state index contributed by atoms with van der Waals surface area (Å²) >= 11 is 0. The number of hydrogen-bond donors (Lipinski definition) is 3. The number of fused-ring (bicyclic) bond motifs is 1. The lowest BCUT2D eigenvalue weighted by atomic mass is 10.1. The first-order chi connectivity index (χ1) is 14.4. The van der Waals surface area contributed by atoms with Crippen molar-refractivity contribution >= 4 is 39.0 Å². The number of ether oxygens (including phenoxy) is 1. The van der Waals surface area contributed by atoms with Crippen LogP contribution in [0.4, 0.5) is 11.4 Å². The van der Waals surface area contributed by atoms with Crippen molar-refractivity contribution in [2.24, 2.45) is 4.99 Å². The molecule has 1 unspecified atom stereocenters. The van der Waals surface area contributed by atoms with Gasteiger partial charge in [0.15, 0.2) is 6.10 Å². The van der Waals surface area contributed by atoms with Crippen molar-refractivity contribution in [1.82, 2.24) is 4.72 Å². The maximum Gasteiger partial charge on any atom is 0.266 e. The Morgan fingerprint density at radius 2 is 2.03 bits per heavy atom. The molecule has 0 radical (unpaired) electrons. The summed E-state index contributed by atoms with van der Waals surface area (Å²) in [7, 11) is -3.79. The highest BCUT2D eigenvalue weighted by molar-refractivity contribution is 7.90. The molecule has 0 aromatic heterocycles. The summed E-state index contributed by atoms with van der Waals surface area (Å²) in [5, 5.41) is 5.32. The van der Waals surface area contributed by atoms with Crippen LogP contribution < -0.4 is 20.1 Å². The van der Waals surface area contributed by atoms with E-state index in [1.165, 1.54) is 18.2 Å². The van der Waals surface area contributed by atoms with Crippen molar-refractivity contribution in [3.63, 3.8) is 0 Å². The second-order valence-electron chi connectivity index (χ2n) is 6.91. The number of nitrogens with zero attached hydrogens (tertiary/aromatic N) is 1. The zero-order valence-corrected chi connectivity index (χ0v) is 16.7. The summed E-state index contributed by atoms with van der Waals surface area (Å²) in [6.45, 7) is 0.606. The largest absolute Gasteiger partial charge is 0.478 e. The lowest BCUT2D eigenvalue weighted by Crippen LogP contribution is -2.39. The van der Waals surface area contributed by atoms with E-state index in [1.807, 2.05) is 0 Å². The van der Waals surface area contributed by atoms with Gasteiger partial charge in [-0.3, -0.25) is 19.3 Å². The van der Waals surface area contributed by atoms with E-state index in [9.17, 15) is 18.0 Å². The van der Waals surface area contributed by atoms with Crippen LogP contribution in [0.3, 0.4) is 0 Å². The minimum Gasteiger partial charge on any atom is -0.478 e. The maximum absolute atomic E-state index is 12.5. The quantitative estimate of drug-likeness (QED) is 0.670. The Balaban J connectivity index is 1.41. The van der Waals surface area contributed by atoms with E-state index in [0.29, 0.717) is 35.9 Å². The van der Waals surface area contributed by atoms with Gasteiger partial charge in [-0.2, -0.15) is 0 Å². The third kappa shape index (κ3) is 4.43. The number of hydrogen-bond acceptors (Lipinski definition) is 6. The van der Waals surface area contributed by atoms with Crippen LogP contribution in [0.2, 0.25) is 0 Å². The van der Waals surface area contributed by atoms with Crippen LogP contribution in [0.25, 0.3) is 0 Å². The van der Waals surface area contributed by atoms with E-state index < -0.39 is 27.9 Å². The van der Waals surface area contributed by atoms with Crippen molar-refractivity contribution in [2.75, 3.05) is 17.2 Å². The standard InChI is InChI=1S/C20H20N4O5S/c25-19(12-17-20(26)23-15-7-1-2-8-16(15)29-17)22-13-5-3-6-14(11-13)30(27,28)24-18-9-4-10-21-18/h1-3,5-8,11,17H,4,9-10,12H2,(H,21,24)(H,22,25)(H,23,26). The predicted molar refractivity (Wildman–Crippen MR) is 111 cm³/mol. The molecule has 3 N–H and O–H groups in total. The molecule has 0 aliphatic carbocycles. The number of amides is 2. The molecule has 0 saturated carbocycles. The Morgan fingerprint density at radius 3 is 2.83 bits per heavy atom. The highest BCUT2D eigenvalue weighted by atomic mass is 32.2. The van der Waals surface area contributed by atoms with Crippen molar-refractivity contribution in [3.8, 4) is 5.75 Å². The van der Waals surface area contributed by atoms with Crippen LogP contribution in [-0.2, 0) is 19.6 Å². The Bertz CT molecular complexity index is 1130. The van der Waals surface area contributed by atoms with Gasteiger partial charge in [0.25, 0.3) is 15.9 Å². The van der Waals surface area contributed by atoms with E-state index >= 15 is 0 Å². The number of carbonyl (C=O) groups is 2. The van der Waals surface area contributed by atoms with Gasteiger partial charge in [-0.05, 0) is 36.8 Å². The first-order valence-corrected chi connectivity index (χ1v) is 10.9. The molecular formula is C20H20N4O5S. The number of para-hydroxylation sites is 2. The number of nitrogens with one attached hydrogen (secondary N) is 3. The van der Waals surface area contributed by atoms with Gasteiger partial charge in [-0.1, -0.05) is 18.2 Å². The SMILES string of the molecule is O=C(CC1Oc2ccccc2NC1=O)Nc1cccc(S(=O)(=O)NC2=NCCC2)c1. The average Bonchev–Trinajstić information content (AvgIpc) is 3.21. The summed E-state index contributed by atoms with van der Waals surface area (Å²) in [5.41, 5.74) is 0.851. The molecule has 4 rings (SSSR count). The first kappa shape index (κ1) is 19.9. The summed E-state index contributed by atoms with van der Waals surface area (Å²) in [6.07, 6.45) is 0.206. The van der Waals surface area contributed by atoms with Crippen LogP contribution in [0.15, 0.2) is 58.4 Å². The lowest BCUT2D eigenvalue weighted by molar-refractivity contribution is -0.128. The van der Waals surface area contributed by atoms with Gasteiger partial charge in [-0.15, -0.1) is 0 Å². The normalized spacial score (nSPS) is 17.9. The van der Waals surface area contributed by atoms with Gasteiger partial charge in [-0.25, -0.2) is 8.42 Å². The fraction of sp³-hybridized carbons (Fsp3) is 0.250. The fourth-order valence-electron chi connectivity index (χ4n) is 3.19. The molecule has 2 amide bonds. The van der Waals surface area contributed by atoms with Crippen LogP contribution in [0, 0.1) is 0 Å². The predicted octanol–water partition coefficient (Wildman–Crippen LogP) is 1.89. The summed E-state index contributed by atoms with van der Waals surface area (Å²) < 4.78 is 33.1. The molecule has 2 aliphatic heterocycles. The molecule has 0 bridgehead atoms. The molecule has 2 aromatic carbocycles. The van der Waals surface area contributed by atoms with Gasteiger partial charge < -0.3 is 15.4 Å². The van der Waals surface area contributed by atoms with E-state index in [0.717, 1.165) is 6.42 Å². The molecule has 0 fully saturated rings. The molecular weight excluding hydrogens is 408 g/mol. The highest BCUT2D eigenvalue weighted by Gasteiger charge is 2.29. The smallest absolute Gasteiger partial charge is 0.266 e. The molecule has 9 nitrogen and oxygen atoms in total. The van der Waals surface area contributed by atoms with E-state index in [-0.39, 0.29) is 11.3 Å². The minimum absolute atomic E-state index is 0.00971. The van der Waals surface area contributed by atoms with Gasteiger partial charge in [0.05, 0.1) is 17.0 Å².